The van der Waals surface area contributed by atoms with E-state index >= 15 is 0 Å². The van der Waals surface area contributed by atoms with Crippen LogP contribution in [-0.2, 0) is 4.79 Å². The van der Waals surface area contributed by atoms with Crippen molar-refractivity contribution in [1.29, 1.82) is 0 Å². The van der Waals surface area contributed by atoms with E-state index in [-0.39, 0.29) is 6.42 Å². The molecule has 0 aliphatic heterocycles. The number of thioether (sulfide) groups is 1. The van der Waals surface area contributed by atoms with Gasteiger partial charge in [-0.15, -0.1) is 0 Å². The predicted molar refractivity (Wildman–Crippen MR) is 47.4 cm³/mol. The van der Waals surface area contributed by atoms with Gasteiger partial charge in [-0.25, -0.2) is 15.0 Å². The van der Waals surface area contributed by atoms with E-state index in [9.17, 15) is 4.79 Å². The maximum absolute atomic E-state index is 10.2. The Morgan fingerprint density at radius 3 is 2.77 bits per heavy atom. The quantitative estimate of drug-likeness (QED) is 0.559. The first-order valence-corrected chi connectivity index (χ1v) is 4.74. The molecular formula is C7H9N3O2S. The second-order valence-electron chi connectivity index (χ2n) is 2.27. The third-order valence-corrected chi connectivity index (χ3v) is 2.20. The molecule has 1 N–H and O–H groups in total. The molecule has 0 saturated carbocycles. The van der Waals surface area contributed by atoms with Crippen LogP contribution in [0.1, 0.15) is 12.8 Å². The molecule has 1 rings (SSSR count). The molecule has 6 heteroatoms. The summed E-state index contributed by atoms with van der Waals surface area (Å²) in [6.07, 6.45) is 3.67. The number of carboxylic acids is 1. The van der Waals surface area contributed by atoms with Crippen LogP contribution in [0.25, 0.3) is 0 Å². The zero-order valence-electron chi connectivity index (χ0n) is 6.88. The minimum absolute atomic E-state index is 0.193. The van der Waals surface area contributed by atoms with E-state index in [1.807, 2.05) is 0 Å². The number of aliphatic carboxylic acids is 1. The summed E-state index contributed by atoms with van der Waals surface area (Å²) in [5, 5.41) is 9.00. The molecule has 0 saturated heterocycles. The van der Waals surface area contributed by atoms with E-state index in [4.69, 9.17) is 5.11 Å². The maximum Gasteiger partial charge on any atom is 0.303 e. The van der Waals surface area contributed by atoms with Crippen LogP contribution in [0.15, 0.2) is 17.8 Å². The first kappa shape index (κ1) is 9.91. The molecule has 0 fully saturated rings. The van der Waals surface area contributed by atoms with E-state index in [1.54, 1.807) is 0 Å². The Morgan fingerprint density at radius 1 is 1.46 bits per heavy atom. The fourth-order valence-electron chi connectivity index (χ4n) is 0.690. The zero-order valence-corrected chi connectivity index (χ0v) is 7.70. The van der Waals surface area contributed by atoms with Crippen molar-refractivity contribution in [3.8, 4) is 0 Å². The highest BCUT2D eigenvalue weighted by Gasteiger charge is 1.98. The molecule has 0 bridgehead atoms. The summed E-state index contributed by atoms with van der Waals surface area (Å²) in [6.45, 7) is 0. The molecule has 0 aliphatic rings. The van der Waals surface area contributed by atoms with Crippen LogP contribution in [0.3, 0.4) is 0 Å². The lowest BCUT2D eigenvalue weighted by Gasteiger charge is -1.96. The number of carboxylic acid groups (broad SMARTS) is 1. The van der Waals surface area contributed by atoms with Gasteiger partial charge in [0.15, 0.2) is 5.16 Å². The lowest BCUT2D eigenvalue weighted by molar-refractivity contribution is -0.137. The van der Waals surface area contributed by atoms with Crippen LogP contribution in [0, 0.1) is 0 Å². The van der Waals surface area contributed by atoms with Crippen molar-refractivity contribution in [1.82, 2.24) is 15.0 Å². The average Bonchev–Trinajstić information content (AvgIpc) is 2.14. The molecule has 1 aromatic rings. The predicted octanol–water partition coefficient (Wildman–Crippen LogP) is 0.829. The van der Waals surface area contributed by atoms with Crippen molar-refractivity contribution < 1.29 is 9.90 Å². The van der Waals surface area contributed by atoms with Crippen molar-refractivity contribution >= 4 is 17.7 Å². The fourth-order valence-corrected chi connectivity index (χ4v) is 1.40. The molecule has 0 radical (unpaired) electrons. The number of nitrogens with zero attached hydrogens (tertiary/aromatic N) is 3. The number of hydrogen-bond acceptors (Lipinski definition) is 5. The molecule has 1 heterocycles. The average molecular weight is 199 g/mol. The normalized spacial score (nSPS) is 9.85. The summed E-state index contributed by atoms with van der Waals surface area (Å²) in [4.78, 5) is 21.6. The Morgan fingerprint density at radius 2 is 2.15 bits per heavy atom. The molecule has 1 aromatic heterocycles. The molecule has 0 aliphatic carbocycles. The van der Waals surface area contributed by atoms with Crippen molar-refractivity contribution in [3.63, 3.8) is 0 Å². The summed E-state index contributed by atoms with van der Waals surface area (Å²) in [7, 11) is 0. The Hall–Kier alpha value is -1.17. The smallest absolute Gasteiger partial charge is 0.303 e. The third kappa shape index (κ3) is 4.41. The van der Waals surface area contributed by atoms with Gasteiger partial charge in [0.2, 0.25) is 0 Å². The van der Waals surface area contributed by atoms with Gasteiger partial charge in [-0.2, -0.15) is 0 Å². The standard InChI is InChI=1S/C7H9N3O2S/c11-6(12)2-1-3-13-7-9-4-8-5-10-7/h4-5H,1-3H2,(H,11,12). The number of hydrogen-bond donors (Lipinski definition) is 1. The third-order valence-electron chi connectivity index (χ3n) is 1.24. The van der Waals surface area contributed by atoms with Crippen LogP contribution in [0.5, 0.6) is 0 Å². The highest BCUT2D eigenvalue weighted by Crippen LogP contribution is 2.12. The van der Waals surface area contributed by atoms with Gasteiger partial charge in [0.1, 0.15) is 12.7 Å². The summed E-state index contributed by atoms with van der Waals surface area (Å²) in [6, 6.07) is 0. The second-order valence-corrected chi connectivity index (χ2v) is 3.33. The topological polar surface area (TPSA) is 76.0 Å². The maximum atomic E-state index is 10.2. The number of rotatable bonds is 5. The Balaban J connectivity index is 2.17. The number of aromatic nitrogens is 3. The van der Waals surface area contributed by atoms with Crippen LogP contribution in [0.4, 0.5) is 0 Å². The van der Waals surface area contributed by atoms with Gasteiger partial charge in [0.05, 0.1) is 0 Å². The lowest BCUT2D eigenvalue weighted by Crippen LogP contribution is -1.95. The SMILES string of the molecule is O=C(O)CCCSc1ncncn1. The first-order chi connectivity index (χ1) is 6.29. The van der Waals surface area contributed by atoms with Gasteiger partial charge in [-0.1, -0.05) is 11.8 Å². The lowest BCUT2D eigenvalue weighted by atomic mass is 10.3. The van der Waals surface area contributed by atoms with Gasteiger partial charge in [-0.05, 0) is 6.42 Å². The van der Waals surface area contributed by atoms with Gasteiger partial charge < -0.3 is 5.11 Å². The molecule has 13 heavy (non-hydrogen) atoms. The monoisotopic (exact) mass is 199 g/mol. The molecular weight excluding hydrogens is 190 g/mol. The van der Waals surface area contributed by atoms with Gasteiger partial charge in [0.25, 0.3) is 0 Å². The Bertz CT molecular complexity index is 268. The summed E-state index contributed by atoms with van der Waals surface area (Å²) in [5.41, 5.74) is 0. The minimum Gasteiger partial charge on any atom is -0.481 e. The van der Waals surface area contributed by atoms with E-state index in [1.165, 1.54) is 24.4 Å². The van der Waals surface area contributed by atoms with Crippen LogP contribution in [-0.4, -0.2) is 31.8 Å². The van der Waals surface area contributed by atoms with Crippen molar-refractivity contribution in [2.75, 3.05) is 5.75 Å². The Labute approximate surface area is 79.6 Å². The van der Waals surface area contributed by atoms with Gasteiger partial charge >= 0.3 is 5.97 Å². The fraction of sp³-hybridized carbons (Fsp3) is 0.429. The van der Waals surface area contributed by atoms with Gasteiger partial charge in [-0.3, -0.25) is 4.79 Å². The van der Waals surface area contributed by atoms with Crippen molar-refractivity contribution in [2.24, 2.45) is 0 Å². The summed E-state index contributed by atoms with van der Waals surface area (Å²) < 4.78 is 0. The molecule has 0 amide bonds. The molecule has 0 atom stereocenters. The molecule has 70 valence electrons. The zero-order chi connectivity index (χ0) is 9.52. The highest BCUT2D eigenvalue weighted by molar-refractivity contribution is 7.99. The van der Waals surface area contributed by atoms with Crippen molar-refractivity contribution in [2.45, 2.75) is 18.0 Å². The summed E-state index contributed by atoms with van der Waals surface area (Å²) in [5.74, 6) is -0.0488. The Kier molecular flexibility index (Phi) is 4.17. The second kappa shape index (κ2) is 5.47. The largest absolute Gasteiger partial charge is 0.481 e. The summed E-state index contributed by atoms with van der Waals surface area (Å²) >= 11 is 1.44. The van der Waals surface area contributed by atoms with Crippen LogP contribution in [0.2, 0.25) is 0 Å². The van der Waals surface area contributed by atoms with Crippen LogP contribution >= 0.6 is 11.8 Å². The van der Waals surface area contributed by atoms with Crippen LogP contribution < -0.4 is 0 Å². The van der Waals surface area contributed by atoms with E-state index in [2.05, 4.69) is 15.0 Å². The molecule has 0 unspecified atom stereocenters. The molecule has 0 aromatic carbocycles. The number of carbonyl (C=O) groups is 1. The molecule has 5 nitrogen and oxygen atoms in total. The first-order valence-electron chi connectivity index (χ1n) is 3.75. The highest BCUT2D eigenvalue weighted by atomic mass is 32.2. The molecule has 0 spiro atoms. The van der Waals surface area contributed by atoms with E-state index in [0.29, 0.717) is 11.6 Å². The van der Waals surface area contributed by atoms with Crippen molar-refractivity contribution in [3.05, 3.63) is 12.7 Å². The van der Waals surface area contributed by atoms with E-state index < -0.39 is 5.97 Å². The van der Waals surface area contributed by atoms with E-state index in [0.717, 1.165) is 5.75 Å². The minimum atomic E-state index is -0.767. The van der Waals surface area contributed by atoms with Gasteiger partial charge in [0, 0.05) is 12.2 Å².